The Hall–Kier alpha value is -2.24. The standard InChI is InChI=1S/C13H15N3O3/c1-9(2)6-7-15-8-14-12-10(13(15)17)4-3-5-11(12)16(18)19/h3-5,8-9H,6-7H2,1-2H3. The van der Waals surface area contributed by atoms with Crippen LogP contribution in [-0.2, 0) is 6.54 Å². The molecule has 2 rings (SSSR count). The molecular formula is C13H15N3O3. The van der Waals surface area contributed by atoms with Gasteiger partial charge in [-0.25, -0.2) is 4.98 Å². The minimum Gasteiger partial charge on any atom is -0.299 e. The quantitative estimate of drug-likeness (QED) is 0.625. The average molecular weight is 261 g/mol. The molecule has 1 aromatic carbocycles. The fraction of sp³-hybridized carbons (Fsp3) is 0.385. The minimum absolute atomic E-state index is 0.134. The molecule has 19 heavy (non-hydrogen) atoms. The zero-order valence-electron chi connectivity index (χ0n) is 10.9. The van der Waals surface area contributed by atoms with E-state index in [-0.39, 0.29) is 16.8 Å². The van der Waals surface area contributed by atoms with Gasteiger partial charge in [0.25, 0.3) is 11.2 Å². The van der Waals surface area contributed by atoms with Crippen LogP contribution < -0.4 is 5.56 Å². The van der Waals surface area contributed by atoms with Gasteiger partial charge in [0.1, 0.15) is 0 Å². The van der Waals surface area contributed by atoms with Crippen LogP contribution in [0.15, 0.2) is 29.3 Å². The monoisotopic (exact) mass is 261 g/mol. The maximum Gasteiger partial charge on any atom is 0.295 e. The van der Waals surface area contributed by atoms with E-state index >= 15 is 0 Å². The number of nitrogens with zero attached hydrogens (tertiary/aromatic N) is 3. The lowest BCUT2D eigenvalue weighted by molar-refractivity contribution is -0.383. The van der Waals surface area contributed by atoms with Crippen molar-refractivity contribution >= 4 is 16.6 Å². The van der Waals surface area contributed by atoms with Crippen LogP contribution in [0.1, 0.15) is 20.3 Å². The summed E-state index contributed by atoms with van der Waals surface area (Å²) >= 11 is 0. The van der Waals surface area contributed by atoms with E-state index in [0.717, 1.165) is 6.42 Å². The summed E-state index contributed by atoms with van der Waals surface area (Å²) in [5.74, 6) is 0.479. The molecule has 6 heteroatoms. The van der Waals surface area contributed by atoms with Crippen molar-refractivity contribution in [2.45, 2.75) is 26.8 Å². The lowest BCUT2D eigenvalue weighted by atomic mass is 10.1. The molecule has 0 bridgehead atoms. The van der Waals surface area contributed by atoms with Gasteiger partial charge in [-0.05, 0) is 18.4 Å². The SMILES string of the molecule is CC(C)CCn1cnc2c([N+](=O)[O-])cccc2c1=O. The molecule has 100 valence electrons. The van der Waals surface area contributed by atoms with E-state index < -0.39 is 4.92 Å². The first-order valence-corrected chi connectivity index (χ1v) is 6.13. The molecule has 6 nitrogen and oxygen atoms in total. The molecule has 0 atom stereocenters. The highest BCUT2D eigenvalue weighted by atomic mass is 16.6. The Bertz CT molecular complexity index is 676. The Morgan fingerprint density at radius 2 is 2.16 bits per heavy atom. The van der Waals surface area contributed by atoms with E-state index in [2.05, 4.69) is 18.8 Å². The van der Waals surface area contributed by atoms with Crippen LogP contribution in [0.25, 0.3) is 10.9 Å². The van der Waals surface area contributed by atoms with E-state index in [1.807, 2.05) is 0 Å². The van der Waals surface area contributed by atoms with Gasteiger partial charge in [-0.15, -0.1) is 0 Å². The molecule has 2 aromatic rings. The number of fused-ring (bicyclic) bond motifs is 1. The Labute approximate surface area is 109 Å². The molecule has 1 aromatic heterocycles. The highest BCUT2D eigenvalue weighted by Crippen LogP contribution is 2.20. The summed E-state index contributed by atoms with van der Waals surface area (Å²) in [6.07, 6.45) is 2.25. The van der Waals surface area contributed by atoms with Crippen LogP contribution in [0.4, 0.5) is 5.69 Å². The number of hydrogen-bond acceptors (Lipinski definition) is 4. The number of aromatic nitrogens is 2. The molecular weight excluding hydrogens is 246 g/mol. The van der Waals surface area contributed by atoms with Crippen molar-refractivity contribution in [1.29, 1.82) is 0 Å². The van der Waals surface area contributed by atoms with Crippen molar-refractivity contribution in [1.82, 2.24) is 9.55 Å². The topological polar surface area (TPSA) is 78.0 Å². The fourth-order valence-corrected chi connectivity index (χ4v) is 1.88. The lowest BCUT2D eigenvalue weighted by Gasteiger charge is -2.08. The van der Waals surface area contributed by atoms with Gasteiger partial charge in [-0.2, -0.15) is 0 Å². The third-order valence-corrected chi connectivity index (χ3v) is 2.98. The first-order chi connectivity index (χ1) is 9.00. The first-order valence-electron chi connectivity index (χ1n) is 6.13. The van der Waals surface area contributed by atoms with Crippen molar-refractivity contribution in [3.05, 3.63) is 45.0 Å². The third kappa shape index (κ3) is 2.62. The molecule has 0 fully saturated rings. The third-order valence-electron chi connectivity index (χ3n) is 2.98. The number of rotatable bonds is 4. The summed E-state index contributed by atoms with van der Waals surface area (Å²) in [6.45, 7) is 4.72. The summed E-state index contributed by atoms with van der Waals surface area (Å²) in [5, 5.41) is 11.2. The Morgan fingerprint density at radius 1 is 1.42 bits per heavy atom. The maximum atomic E-state index is 12.2. The number of para-hydroxylation sites is 1. The van der Waals surface area contributed by atoms with Gasteiger partial charge in [-0.3, -0.25) is 19.5 Å². The highest BCUT2D eigenvalue weighted by molar-refractivity contribution is 5.85. The van der Waals surface area contributed by atoms with Crippen molar-refractivity contribution < 1.29 is 4.92 Å². The van der Waals surface area contributed by atoms with E-state index in [0.29, 0.717) is 17.8 Å². The number of nitro benzene ring substituents is 1. The molecule has 0 amide bonds. The fourth-order valence-electron chi connectivity index (χ4n) is 1.88. The summed E-state index contributed by atoms with van der Waals surface area (Å²) in [6, 6.07) is 4.44. The predicted molar refractivity (Wildman–Crippen MR) is 72.1 cm³/mol. The molecule has 0 spiro atoms. The van der Waals surface area contributed by atoms with Crippen LogP contribution >= 0.6 is 0 Å². The molecule has 0 unspecified atom stereocenters. The molecule has 0 aliphatic rings. The maximum absolute atomic E-state index is 12.2. The molecule has 0 N–H and O–H groups in total. The minimum atomic E-state index is -0.521. The Kier molecular flexibility index (Phi) is 3.59. The lowest BCUT2D eigenvalue weighted by Crippen LogP contribution is -2.21. The molecule has 0 saturated heterocycles. The van der Waals surface area contributed by atoms with Crippen LogP contribution in [0.5, 0.6) is 0 Å². The summed E-state index contributed by atoms with van der Waals surface area (Å²) in [5.41, 5.74) is -0.210. The van der Waals surface area contributed by atoms with Crippen LogP contribution in [0.2, 0.25) is 0 Å². The zero-order valence-corrected chi connectivity index (χ0v) is 10.9. The van der Waals surface area contributed by atoms with Crippen molar-refractivity contribution in [3.8, 4) is 0 Å². The van der Waals surface area contributed by atoms with E-state index in [1.165, 1.54) is 23.0 Å². The van der Waals surface area contributed by atoms with Gasteiger partial charge < -0.3 is 0 Å². The number of hydrogen-bond donors (Lipinski definition) is 0. The van der Waals surface area contributed by atoms with Gasteiger partial charge in [-0.1, -0.05) is 19.9 Å². The van der Waals surface area contributed by atoms with Gasteiger partial charge >= 0.3 is 0 Å². The largest absolute Gasteiger partial charge is 0.299 e. The Morgan fingerprint density at radius 3 is 2.79 bits per heavy atom. The van der Waals surface area contributed by atoms with Gasteiger partial charge in [0.05, 0.1) is 16.6 Å². The van der Waals surface area contributed by atoms with Gasteiger partial charge in [0.2, 0.25) is 0 Å². The summed E-state index contributed by atoms with van der Waals surface area (Å²) in [4.78, 5) is 26.6. The molecule has 0 radical (unpaired) electrons. The molecule has 0 aliphatic heterocycles. The smallest absolute Gasteiger partial charge is 0.295 e. The highest BCUT2D eigenvalue weighted by Gasteiger charge is 2.15. The molecule has 1 heterocycles. The summed E-state index contributed by atoms with van der Waals surface area (Å²) in [7, 11) is 0. The van der Waals surface area contributed by atoms with Crippen molar-refractivity contribution in [3.63, 3.8) is 0 Å². The van der Waals surface area contributed by atoms with E-state index in [1.54, 1.807) is 6.07 Å². The van der Waals surface area contributed by atoms with Crippen molar-refractivity contribution in [2.24, 2.45) is 5.92 Å². The molecule has 0 aliphatic carbocycles. The number of nitro groups is 1. The van der Waals surface area contributed by atoms with Crippen LogP contribution in [-0.4, -0.2) is 14.5 Å². The second kappa shape index (κ2) is 5.17. The van der Waals surface area contributed by atoms with Crippen molar-refractivity contribution in [2.75, 3.05) is 0 Å². The number of non-ortho nitro benzene ring substituents is 1. The predicted octanol–water partition coefficient (Wildman–Crippen LogP) is 2.35. The van der Waals surface area contributed by atoms with Gasteiger partial charge in [0, 0.05) is 12.6 Å². The number of aryl methyl sites for hydroxylation is 1. The average Bonchev–Trinajstić information content (AvgIpc) is 2.37. The van der Waals surface area contributed by atoms with Gasteiger partial charge in [0.15, 0.2) is 5.52 Å². The number of benzene rings is 1. The summed E-state index contributed by atoms with van der Waals surface area (Å²) < 4.78 is 1.51. The van der Waals surface area contributed by atoms with E-state index in [4.69, 9.17) is 0 Å². The second-order valence-electron chi connectivity index (χ2n) is 4.86. The van der Waals surface area contributed by atoms with Crippen LogP contribution in [0.3, 0.4) is 0 Å². The normalized spacial score (nSPS) is 11.1. The van der Waals surface area contributed by atoms with E-state index in [9.17, 15) is 14.9 Å². The zero-order chi connectivity index (χ0) is 14.0. The first kappa shape index (κ1) is 13.2. The molecule has 0 saturated carbocycles. The van der Waals surface area contributed by atoms with Crippen LogP contribution in [0, 0.1) is 16.0 Å². The Balaban J connectivity index is 2.54. The second-order valence-corrected chi connectivity index (χ2v) is 4.86.